The van der Waals surface area contributed by atoms with Gasteiger partial charge in [0.1, 0.15) is 0 Å². The lowest BCUT2D eigenvalue weighted by Gasteiger charge is -2.19. The quantitative estimate of drug-likeness (QED) is 0.560. The van der Waals surface area contributed by atoms with Crippen molar-refractivity contribution in [2.45, 2.75) is 18.9 Å². The first-order chi connectivity index (χ1) is 6.27. The van der Waals surface area contributed by atoms with Gasteiger partial charge in [0.2, 0.25) is 5.91 Å². The van der Waals surface area contributed by atoms with Gasteiger partial charge < -0.3 is 15.3 Å². The fraction of sp³-hybridized carbons (Fsp3) is 0.889. The normalized spacial score (nSPS) is 34.1. The first-order valence-electron chi connectivity index (χ1n) is 4.95. The van der Waals surface area contributed by atoms with Gasteiger partial charge in [-0.2, -0.15) is 0 Å². The Labute approximate surface area is 77.9 Å². The van der Waals surface area contributed by atoms with Crippen molar-refractivity contribution in [2.24, 2.45) is 5.92 Å². The van der Waals surface area contributed by atoms with Crippen molar-refractivity contribution in [2.75, 3.05) is 26.2 Å². The first-order valence-corrected chi connectivity index (χ1v) is 4.95. The fourth-order valence-corrected chi connectivity index (χ4v) is 2.07. The summed E-state index contributed by atoms with van der Waals surface area (Å²) in [6, 6.07) is 0. The molecule has 4 nitrogen and oxygen atoms in total. The van der Waals surface area contributed by atoms with E-state index < -0.39 is 0 Å². The van der Waals surface area contributed by atoms with Gasteiger partial charge in [-0.15, -0.1) is 0 Å². The van der Waals surface area contributed by atoms with Gasteiger partial charge in [-0.1, -0.05) is 0 Å². The molecule has 2 saturated heterocycles. The highest BCUT2D eigenvalue weighted by atomic mass is 16.3. The van der Waals surface area contributed by atoms with E-state index in [4.69, 9.17) is 0 Å². The van der Waals surface area contributed by atoms with E-state index in [0.29, 0.717) is 6.54 Å². The average Bonchev–Trinajstić information content (AvgIpc) is 2.72. The van der Waals surface area contributed by atoms with E-state index in [0.717, 1.165) is 32.5 Å². The van der Waals surface area contributed by atoms with E-state index in [1.165, 1.54) is 0 Å². The van der Waals surface area contributed by atoms with Crippen molar-refractivity contribution in [1.29, 1.82) is 0 Å². The molecular weight excluding hydrogens is 168 g/mol. The Balaban J connectivity index is 1.89. The minimum Gasteiger partial charge on any atom is -0.391 e. The number of nitrogens with one attached hydrogen (secondary N) is 1. The molecule has 0 aromatic heterocycles. The largest absolute Gasteiger partial charge is 0.391 e. The monoisotopic (exact) mass is 184 g/mol. The van der Waals surface area contributed by atoms with Gasteiger partial charge in [0.15, 0.2) is 0 Å². The number of β-amino-alcohol motifs (C(OH)–C–C–N with tert-alkyl or cyclic N) is 1. The molecule has 0 bridgehead atoms. The lowest BCUT2D eigenvalue weighted by Crippen LogP contribution is -2.35. The number of amides is 1. The predicted octanol–water partition coefficient (Wildman–Crippen LogP) is -0.811. The smallest absolute Gasteiger partial charge is 0.227 e. The van der Waals surface area contributed by atoms with Gasteiger partial charge in [0.05, 0.1) is 12.0 Å². The summed E-state index contributed by atoms with van der Waals surface area (Å²) < 4.78 is 0. The Kier molecular flexibility index (Phi) is 2.51. The maximum absolute atomic E-state index is 11.8. The molecule has 0 radical (unpaired) electrons. The van der Waals surface area contributed by atoms with Crippen LogP contribution in [0.1, 0.15) is 12.8 Å². The summed E-state index contributed by atoms with van der Waals surface area (Å²) in [6.07, 6.45) is 1.40. The molecule has 2 heterocycles. The van der Waals surface area contributed by atoms with Crippen molar-refractivity contribution >= 4 is 5.91 Å². The number of nitrogens with zero attached hydrogens (tertiary/aromatic N) is 1. The Bertz CT molecular complexity index is 202. The maximum Gasteiger partial charge on any atom is 0.227 e. The van der Waals surface area contributed by atoms with E-state index in [-0.39, 0.29) is 17.9 Å². The highest BCUT2D eigenvalue weighted by molar-refractivity contribution is 5.79. The van der Waals surface area contributed by atoms with Crippen molar-refractivity contribution < 1.29 is 9.90 Å². The molecule has 2 aliphatic heterocycles. The Hall–Kier alpha value is -0.610. The van der Waals surface area contributed by atoms with Crippen molar-refractivity contribution in [3.8, 4) is 0 Å². The number of hydrogen-bond donors (Lipinski definition) is 2. The molecule has 4 heteroatoms. The summed E-state index contributed by atoms with van der Waals surface area (Å²) in [5.41, 5.74) is 0. The highest BCUT2D eigenvalue weighted by Crippen LogP contribution is 2.16. The summed E-state index contributed by atoms with van der Waals surface area (Å²) in [6.45, 7) is 3.03. The van der Waals surface area contributed by atoms with Crippen LogP contribution in [-0.2, 0) is 4.79 Å². The third kappa shape index (κ3) is 1.84. The summed E-state index contributed by atoms with van der Waals surface area (Å²) in [4.78, 5) is 13.6. The molecule has 0 aromatic carbocycles. The highest BCUT2D eigenvalue weighted by Gasteiger charge is 2.31. The van der Waals surface area contributed by atoms with E-state index in [9.17, 15) is 9.90 Å². The second-order valence-corrected chi connectivity index (χ2v) is 3.92. The fourth-order valence-electron chi connectivity index (χ4n) is 2.07. The van der Waals surface area contributed by atoms with Crippen LogP contribution in [-0.4, -0.2) is 48.2 Å². The molecule has 2 aliphatic rings. The van der Waals surface area contributed by atoms with Gasteiger partial charge in [0, 0.05) is 19.6 Å². The molecule has 0 saturated carbocycles. The predicted molar refractivity (Wildman–Crippen MR) is 48.2 cm³/mol. The molecule has 2 fully saturated rings. The minimum atomic E-state index is -0.293. The zero-order chi connectivity index (χ0) is 9.26. The van der Waals surface area contributed by atoms with Crippen LogP contribution in [0.4, 0.5) is 0 Å². The molecule has 0 aromatic rings. The van der Waals surface area contributed by atoms with Crippen molar-refractivity contribution in [1.82, 2.24) is 10.2 Å². The third-order valence-electron chi connectivity index (χ3n) is 2.88. The average molecular weight is 184 g/mol. The number of carbonyl (C=O) groups is 1. The molecule has 0 spiro atoms. The first kappa shape index (κ1) is 8.97. The number of carbonyl (C=O) groups excluding carboxylic acids is 1. The maximum atomic E-state index is 11.8. The molecule has 2 N–H and O–H groups in total. The SMILES string of the molecule is O=C(C1CCNC1)N1CCC(O)C1. The van der Waals surface area contributed by atoms with Crippen LogP contribution in [0, 0.1) is 5.92 Å². The summed E-state index contributed by atoms with van der Waals surface area (Å²) in [5, 5.41) is 12.5. The van der Waals surface area contributed by atoms with Gasteiger partial charge in [-0.25, -0.2) is 0 Å². The summed E-state index contributed by atoms with van der Waals surface area (Å²) in [5.74, 6) is 0.381. The van der Waals surface area contributed by atoms with E-state index in [1.807, 2.05) is 0 Å². The van der Waals surface area contributed by atoms with Crippen LogP contribution in [0.3, 0.4) is 0 Å². The van der Waals surface area contributed by atoms with Crippen molar-refractivity contribution in [3.63, 3.8) is 0 Å². The van der Waals surface area contributed by atoms with Gasteiger partial charge in [-0.05, 0) is 19.4 Å². The Morgan fingerprint density at radius 3 is 2.85 bits per heavy atom. The molecule has 1 amide bonds. The lowest BCUT2D eigenvalue weighted by atomic mass is 10.1. The van der Waals surface area contributed by atoms with Gasteiger partial charge in [0.25, 0.3) is 0 Å². The summed E-state index contributed by atoms with van der Waals surface area (Å²) >= 11 is 0. The molecule has 74 valence electrons. The van der Waals surface area contributed by atoms with Crippen LogP contribution < -0.4 is 5.32 Å². The lowest BCUT2D eigenvalue weighted by molar-refractivity contribution is -0.134. The van der Waals surface area contributed by atoms with Crippen LogP contribution in [0.2, 0.25) is 0 Å². The van der Waals surface area contributed by atoms with Crippen LogP contribution >= 0.6 is 0 Å². The molecule has 13 heavy (non-hydrogen) atoms. The van der Waals surface area contributed by atoms with E-state index in [1.54, 1.807) is 4.90 Å². The van der Waals surface area contributed by atoms with Gasteiger partial charge >= 0.3 is 0 Å². The summed E-state index contributed by atoms with van der Waals surface area (Å²) in [7, 11) is 0. The van der Waals surface area contributed by atoms with Gasteiger partial charge in [-0.3, -0.25) is 4.79 Å². The van der Waals surface area contributed by atoms with Crippen LogP contribution in [0.25, 0.3) is 0 Å². The molecule has 2 atom stereocenters. The molecular formula is C9H16N2O2. The number of rotatable bonds is 1. The zero-order valence-corrected chi connectivity index (χ0v) is 7.70. The van der Waals surface area contributed by atoms with Crippen LogP contribution in [0.15, 0.2) is 0 Å². The number of aliphatic hydroxyl groups excluding tert-OH is 1. The van der Waals surface area contributed by atoms with E-state index in [2.05, 4.69) is 5.32 Å². The van der Waals surface area contributed by atoms with Crippen molar-refractivity contribution in [3.05, 3.63) is 0 Å². The Morgan fingerprint density at radius 2 is 2.31 bits per heavy atom. The molecule has 2 unspecified atom stereocenters. The minimum absolute atomic E-state index is 0.158. The van der Waals surface area contributed by atoms with Crippen LogP contribution in [0.5, 0.6) is 0 Å². The van der Waals surface area contributed by atoms with E-state index >= 15 is 0 Å². The number of likely N-dealkylation sites (tertiary alicyclic amines) is 1. The standard InChI is InChI=1S/C9H16N2O2/c12-8-2-4-11(6-8)9(13)7-1-3-10-5-7/h7-8,10,12H,1-6H2. The topological polar surface area (TPSA) is 52.6 Å². The Morgan fingerprint density at radius 1 is 1.46 bits per heavy atom. The molecule has 0 aliphatic carbocycles. The zero-order valence-electron chi connectivity index (χ0n) is 7.70. The third-order valence-corrected chi connectivity index (χ3v) is 2.88. The number of aliphatic hydroxyl groups is 1. The second kappa shape index (κ2) is 3.64. The number of hydrogen-bond acceptors (Lipinski definition) is 3. The molecule has 2 rings (SSSR count). The second-order valence-electron chi connectivity index (χ2n) is 3.92.